The molecule has 0 spiro atoms. The highest BCUT2D eigenvalue weighted by Gasteiger charge is 2.16. The Hall–Kier alpha value is -0.700. The number of thiophene rings is 1. The molecule has 0 aliphatic heterocycles. The van der Waals surface area contributed by atoms with E-state index in [0.29, 0.717) is 0 Å². The van der Waals surface area contributed by atoms with Crippen LogP contribution in [-0.2, 0) is 0 Å². The first-order chi connectivity index (χ1) is 9.58. The van der Waals surface area contributed by atoms with E-state index in [9.17, 15) is 0 Å². The number of aromatic nitrogens is 4. The number of hydrogen-bond acceptors (Lipinski definition) is 8. The van der Waals surface area contributed by atoms with Gasteiger partial charge in [0.15, 0.2) is 8.68 Å². The largest absolute Gasteiger partial charge is 0.226 e. The predicted octanol–water partition coefficient (Wildman–Crippen LogP) is 4.34. The highest BCUT2D eigenvalue weighted by atomic mass is 32.2. The van der Waals surface area contributed by atoms with Gasteiger partial charge in [-0.25, -0.2) is 9.97 Å². The predicted molar refractivity (Wildman–Crippen MR) is 87.4 cm³/mol. The fourth-order valence-corrected chi connectivity index (χ4v) is 5.51. The average Bonchev–Trinajstić information content (AvgIpc) is 2.95. The van der Waals surface area contributed by atoms with Crippen molar-refractivity contribution >= 4 is 56.4 Å². The minimum absolute atomic E-state index is 0.802. The van der Waals surface area contributed by atoms with E-state index in [-0.39, 0.29) is 0 Å². The molecular weight excluding hydrogens is 328 g/mol. The summed E-state index contributed by atoms with van der Waals surface area (Å²) in [4.78, 5) is 11.5. The van der Waals surface area contributed by atoms with Gasteiger partial charge in [0.2, 0.25) is 0 Å². The lowest BCUT2D eigenvalue weighted by Crippen LogP contribution is -1.91. The van der Waals surface area contributed by atoms with Crippen LogP contribution in [-0.4, -0.2) is 26.4 Å². The average molecular weight is 341 g/mol. The van der Waals surface area contributed by atoms with Gasteiger partial charge in [-0.2, -0.15) is 0 Å². The first-order valence-electron chi connectivity index (χ1n) is 5.88. The van der Waals surface area contributed by atoms with E-state index in [1.807, 2.05) is 13.2 Å². The fourth-order valence-electron chi connectivity index (χ4n) is 1.79. The van der Waals surface area contributed by atoms with E-state index in [1.54, 1.807) is 46.2 Å². The minimum Gasteiger partial charge on any atom is -0.226 e. The summed E-state index contributed by atoms with van der Waals surface area (Å²) in [5.74, 6) is 0.802. The zero-order valence-electron chi connectivity index (χ0n) is 11.4. The molecular formula is C12H12N4S4. The third-order valence-corrected chi connectivity index (χ3v) is 6.89. The van der Waals surface area contributed by atoms with Crippen molar-refractivity contribution in [1.29, 1.82) is 0 Å². The van der Waals surface area contributed by atoms with Crippen LogP contribution in [0.3, 0.4) is 0 Å². The molecule has 0 aliphatic carbocycles. The van der Waals surface area contributed by atoms with Crippen molar-refractivity contribution in [3.8, 4) is 0 Å². The van der Waals surface area contributed by atoms with Gasteiger partial charge in [-0.1, -0.05) is 23.1 Å². The summed E-state index contributed by atoms with van der Waals surface area (Å²) < 4.78 is 1.91. The number of rotatable bonds is 3. The maximum atomic E-state index is 4.60. The van der Waals surface area contributed by atoms with Gasteiger partial charge in [0.25, 0.3) is 0 Å². The molecule has 0 aromatic carbocycles. The lowest BCUT2D eigenvalue weighted by Gasteiger charge is -2.02. The normalized spacial score (nSPS) is 11.4. The van der Waals surface area contributed by atoms with Crippen LogP contribution in [0.1, 0.15) is 16.3 Å². The van der Waals surface area contributed by atoms with Gasteiger partial charge < -0.3 is 0 Å². The van der Waals surface area contributed by atoms with Crippen molar-refractivity contribution in [2.24, 2.45) is 0 Å². The Morgan fingerprint density at radius 3 is 2.40 bits per heavy atom. The van der Waals surface area contributed by atoms with E-state index in [2.05, 4.69) is 34.0 Å². The van der Waals surface area contributed by atoms with E-state index in [1.165, 1.54) is 10.4 Å². The summed E-state index contributed by atoms with van der Waals surface area (Å²) in [6, 6.07) is 0. The van der Waals surface area contributed by atoms with Crippen molar-refractivity contribution < 1.29 is 0 Å². The Balaban J connectivity index is 2.10. The first kappa shape index (κ1) is 14.2. The Bertz CT molecular complexity index is 777. The van der Waals surface area contributed by atoms with Crippen molar-refractivity contribution in [3.05, 3.63) is 16.3 Å². The van der Waals surface area contributed by atoms with Crippen LogP contribution in [0.5, 0.6) is 0 Å². The number of hydrogen-bond donors (Lipinski definition) is 0. The Morgan fingerprint density at radius 1 is 0.950 bits per heavy atom. The molecule has 104 valence electrons. The lowest BCUT2D eigenvalue weighted by atomic mass is 10.2. The van der Waals surface area contributed by atoms with Crippen LogP contribution in [0.15, 0.2) is 13.7 Å². The van der Waals surface area contributed by atoms with Crippen LogP contribution in [0, 0.1) is 20.8 Å². The highest BCUT2D eigenvalue weighted by Crippen LogP contribution is 2.39. The fraction of sp³-hybridized carbons (Fsp3) is 0.333. The van der Waals surface area contributed by atoms with E-state index < -0.39 is 0 Å². The van der Waals surface area contributed by atoms with Crippen molar-refractivity contribution in [3.63, 3.8) is 0 Å². The molecule has 0 saturated carbocycles. The SMILES string of the molecule is CSc1nnc(Sc2nc(C)nc3sc(C)c(C)c23)s1. The molecule has 3 rings (SSSR count). The van der Waals surface area contributed by atoms with Crippen LogP contribution >= 0.6 is 46.2 Å². The Morgan fingerprint density at radius 2 is 1.70 bits per heavy atom. The van der Waals surface area contributed by atoms with E-state index in [0.717, 1.165) is 29.7 Å². The van der Waals surface area contributed by atoms with Gasteiger partial charge in [-0.15, -0.1) is 21.5 Å². The number of nitrogens with zero attached hydrogens (tertiary/aromatic N) is 4. The zero-order valence-corrected chi connectivity index (χ0v) is 14.7. The molecule has 0 aliphatic rings. The number of fused-ring (bicyclic) bond motifs is 1. The minimum atomic E-state index is 0.802. The van der Waals surface area contributed by atoms with Crippen molar-refractivity contribution in [2.75, 3.05) is 6.26 Å². The third kappa shape index (κ3) is 2.57. The molecule has 0 amide bonds. The quantitative estimate of drug-likeness (QED) is 0.522. The molecule has 0 saturated heterocycles. The summed E-state index contributed by atoms with van der Waals surface area (Å²) in [6.45, 7) is 6.19. The van der Waals surface area contributed by atoms with Gasteiger partial charge in [0, 0.05) is 10.3 Å². The smallest absolute Gasteiger partial charge is 0.181 e. The third-order valence-electron chi connectivity index (χ3n) is 2.85. The standard InChI is InChI=1S/C12H12N4S4/c1-5-6(2)18-9-8(5)10(14-7(3)13-9)19-12-16-15-11(17-4)20-12/h1-4H3. The summed E-state index contributed by atoms with van der Waals surface area (Å²) in [6.07, 6.45) is 2.01. The molecule has 3 aromatic heterocycles. The number of thioether (sulfide) groups is 1. The molecule has 4 nitrogen and oxygen atoms in total. The molecule has 20 heavy (non-hydrogen) atoms. The first-order valence-corrected chi connectivity index (χ1v) is 9.55. The molecule has 0 unspecified atom stereocenters. The molecule has 0 bridgehead atoms. The molecule has 0 atom stereocenters. The Labute approximate surface area is 133 Å². The molecule has 0 fully saturated rings. The van der Waals surface area contributed by atoms with Gasteiger partial charge in [0.1, 0.15) is 15.7 Å². The molecule has 0 radical (unpaired) electrons. The van der Waals surface area contributed by atoms with Crippen molar-refractivity contribution in [2.45, 2.75) is 34.5 Å². The second kappa shape index (κ2) is 5.59. The zero-order chi connectivity index (χ0) is 14.3. The number of aryl methyl sites for hydroxylation is 3. The van der Waals surface area contributed by atoms with Crippen LogP contribution < -0.4 is 0 Å². The maximum absolute atomic E-state index is 4.60. The maximum Gasteiger partial charge on any atom is 0.181 e. The summed E-state index contributed by atoms with van der Waals surface area (Å²) in [7, 11) is 0. The monoisotopic (exact) mass is 340 g/mol. The van der Waals surface area contributed by atoms with Gasteiger partial charge in [-0.3, -0.25) is 0 Å². The van der Waals surface area contributed by atoms with Gasteiger partial charge in [0.05, 0.1) is 0 Å². The Kier molecular flexibility index (Phi) is 3.98. The molecule has 8 heteroatoms. The van der Waals surface area contributed by atoms with Crippen molar-refractivity contribution in [1.82, 2.24) is 20.2 Å². The van der Waals surface area contributed by atoms with Crippen LogP contribution in [0.25, 0.3) is 10.2 Å². The summed E-state index contributed by atoms with van der Waals surface area (Å²) in [5, 5.41) is 10.5. The molecule has 0 N–H and O–H groups in total. The summed E-state index contributed by atoms with van der Waals surface area (Å²) in [5.41, 5.74) is 1.27. The van der Waals surface area contributed by atoms with Crippen LogP contribution in [0.2, 0.25) is 0 Å². The molecule has 3 heterocycles. The second-order valence-corrected chi connectivity index (χ2v) is 8.65. The van der Waals surface area contributed by atoms with Crippen LogP contribution in [0.4, 0.5) is 0 Å². The highest BCUT2D eigenvalue weighted by molar-refractivity contribution is 8.03. The lowest BCUT2D eigenvalue weighted by molar-refractivity contribution is 0.951. The molecule has 3 aromatic rings. The second-order valence-electron chi connectivity index (χ2n) is 4.18. The van der Waals surface area contributed by atoms with Gasteiger partial charge in [-0.05, 0) is 44.4 Å². The van der Waals surface area contributed by atoms with Gasteiger partial charge >= 0.3 is 0 Å². The summed E-state index contributed by atoms with van der Waals surface area (Å²) >= 11 is 6.52. The topological polar surface area (TPSA) is 51.6 Å². The van der Waals surface area contributed by atoms with E-state index >= 15 is 0 Å². The van der Waals surface area contributed by atoms with E-state index in [4.69, 9.17) is 0 Å².